The molecule has 1 aromatic carbocycles. The van der Waals surface area contributed by atoms with E-state index in [9.17, 15) is 9.90 Å². The van der Waals surface area contributed by atoms with Crippen LogP contribution >= 0.6 is 0 Å². The van der Waals surface area contributed by atoms with Gasteiger partial charge in [-0.15, -0.1) is 0 Å². The Labute approximate surface area is 99.9 Å². The molecule has 0 saturated heterocycles. The number of para-hydroxylation sites is 1. The van der Waals surface area contributed by atoms with Crippen LogP contribution < -0.4 is 5.32 Å². The number of amides is 1. The van der Waals surface area contributed by atoms with Gasteiger partial charge in [0, 0.05) is 18.3 Å². The Morgan fingerprint density at radius 3 is 2.94 bits per heavy atom. The first-order chi connectivity index (χ1) is 8.26. The number of likely N-dealkylation sites (N-methyl/N-ethyl adjacent to an activating group) is 1. The Morgan fingerprint density at radius 1 is 1.41 bits per heavy atom. The van der Waals surface area contributed by atoms with Gasteiger partial charge in [0.25, 0.3) is 0 Å². The van der Waals surface area contributed by atoms with E-state index in [4.69, 9.17) is 0 Å². The lowest BCUT2D eigenvalue weighted by atomic mass is 10.1. The summed E-state index contributed by atoms with van der Waals surface area (Å²) in [6, 6.07) is 7.71. The van der Waals surface area contributed by atoms with Gasteiger partial charge in [-0.3, -0.25) is 4.79 Å². The fourth-order valence-electron chi connectivity index (χ4n) is 2.01. The van der Waals surface area contributed by atoms with E-state index in [-0.39, 0.29) is 19.1 Å². The monoisotopic (exact) mass is 232 g/mol. The standard InChI is InChI=1S/C13H16N2O2/c1-2-14-12(17)8-15-7-6-10-4-3-5-11(9-16)13(10)15/h3-7,16H,2,8-9H2,1H3,(H,14,17). The third-order valence-corrected chi connectivity index (χ3v) is 2.73. The molecule has 0 radical (unpaired) electrons. The summed E-state index contributed by atoms with van der Waals surface area (Å²) in [5, 5.41) is 13.1. The molecular weight excluding hydrogens is 216 g/mol. The summed E-state index contributed by atoms with van der Waals surface area (Å²) >= 11 is 0. The predicted molar refractivity (Wildman–Crippen MR) is 66.5 cm³/mol. The summed E-state index contributed by atoms with van der Waals surface area (Å²) in [4.78, 5) is 11.6. The molecule has 1 aromatic heterocycles. The number of hydrogen-bond acceptors (Lipinski definition) is 2. The SMILES string of the molecule is CCNC(=O)Cn1ccc2cccc(CO)c21. The highest BCUT2D eigenvalue weighted by Gasteiger charge is 2.08. The van der Waals surface area contributed by atoms with Crippen molar-refractivity contribution >= 4 is 16.8 Å². The average molecular weight is 232 g/mol. The van der Waals surface area contributed by atoms with Crippen LogP contribution in [0.1, 0.15) is 12.5 Å². The van der Waals surface area contributed by atoms with Crippen molar-refractivity contribution in [3.8, 4) is 0 Å². The third kappa shape index (κ3) is 2.31. The molecule has 0 fully saturated rings. The molecule has 1 heterocycles. The minimum Gasteiger partial charge on any atom is -0.392 e. The molecule has 0 saturated carbocycles. The second-order valence-electron chi connectivity index (χ2n) is 3.91. The van der Waals surface area contributed by atoms with Crippen LogP contribution in [0.5, 0.6) is 0 Å². The number of aliphatic hydroxyl groups is 1. The van der Waals surface area contributed by atoms with Gasteiger partial charge in [-0.05, 0) is 18.4 Å². The number of rotatable bonds is 4. The van der Waals surface area contributed by atoms with E-state index in [2.05, 4.69) is 5.32 Å². The number of aromatic nitrogens is 1. The van der Waals surface area contributed by atoms with E-state index in [1.165, 1.54) is 0 Å². The molecule has 4 heteroatoms. The van der Waals surface area contributed by atoms with E-state index in [1.54, 1.807) is 0 Å². The summed E-state index contributed by atoms with van der Waals surface area (Å²) in [6.07, 6.45) is 1.87. The summed E-state index contributed by atoms with van der Waals surface area (Å²) in [7, 11) is 0. The Kier molecular flexibility index (Phi) is 3.44. The van der Waals surface area contributed by atoms with Crippen LogP contribution in [0.4, 0.5) is 0 Å². The Balaban J connectivity index is 2.37. The van der Waals surface area contributed by atoms with Gasteiger partial charge in [0.05, 0.1) is 12.1 Å². The van der Waals surface area contributed by atoms with E-state index < -0.39 is 0 Å². The molecular formula is C13H16N2O2. The Morgan fingerprint density at radius 2 is 2.24 bits per heavy atom. The molecule has 17 heavy (non-hydrogen) atoms. The maximum absolute atomic E-state index is 11.6. The average Bonchev–Trinajstić information content (AvgIpc) is 2.73. The predicted octanol–water partition coefficient (Wildman–Crippen LogP) is 1.27. The number of fused-ring (bicyclic) bond motifs is 1. The minimum absolute atomic E-state index is 0.0160. The third-order valence-electron chi connectivity index (χ3n) is 2.73. The van der Waals surface area contributed by atoms with Crippen LogP contribution in [-0.2, 0) is 17.9 Å². The van der Waals surface area contributed by atoms with Crippen molar-refractivity contribution in [1.82, 2.24) is 9.88 Å². The van der Waals surface area contributed by atoms with Gasteiger partial charge in [-0.25, -0.2) is 0 Å². The van der Waals surface area contributed by atoms with Crippen LogP contribution in [0.2, 0.25) is 0 Å². The zero-order valence-corrected chi connectivity index (χ0v) is 9.81. The summed E-state index contributed by atoms with van der Waals surface area (Å²) < 4.78 is 1.87. The number of nitrogens with zero attached hydrogens (tertiary/aromatic N) is 1. The number of carbonyl (C=O) groups is 1. The minimum atomic E-state index is -0.0171. The van der Waals surface area contributed by atoms with Gasteiger partial charge < -0.3 is 15.0 Å². The van der Waals surface area contributed by atoms with Gasteiger partial charge in [0.2, 0.25) is 5.91 Å². The molecule has 0 unspecified atom stereocenters. The molecule has 0 aliphatic rings. The molecule has 0 atom stereocenters. The van der Waals surface area contributed by atoms with Crippen LogP contribution in [0.25, 0.3) is 10.9 Å². The van der Waals surface area contributed by atoms with Crippen molar-refractivity contribution in [3.63, 3.8) is 0 Å². The lowest BCUT2D eigenvalue weighted by Gasteiger charge is -2.08. The second kappa shape index (κ2) is 5.01. The lowest BCUT2D eigenvalue weighted by molar-refractivity contribution is -0.121. The highest BCUT2D eigenvalue weighted by molar-refractivity contribution is 5.85. The second-order valence-corrected chi connectivity index (χ2v) is 3.91. The van der Waals surface area contributed by atoms with Crippen molar-refractivity contribution in [2.75, 3.05) is 6.54 Å². The van der Waals surface area contributed by atoms with Crippen LogP contribution in [0, 0.1) is 0 Å². The topological polar surface area (TPSA) is 54.3 Å². The van der Waals surface area contributed by atoms with Gasteiger partial charge >= 0.3 is 0 Å². The zero-order chi connectivity index (χ0) is 12.3. The molecule has 2 N–H and O–H groups in total. The number of aliphatic hydroxyl groups excluding tert-OH is 1. The van der Waals surface area contributed by atoms with E-state index in [0.717, 1.165) is 16.5 Å². The maximum Gasteiger partial charge on any atom is 0.239 e. The van der Waals surface area contributed by atoms with Crippen molar-refractivity contribution in [3.05, 3.63) is 36.0 Å². The highest BCUT2D eigenvalue weighted by atomic mass is 16.3. The van der Waals surface area contributed by atoms with Gasteiger partial charge in [0.1, 0.15) is 6.54 Å². The van der Waals surface area contributed by atoms with Gasteiger partial charge in [-0.2, -0.15) is 0 Å². The smallest absolute Gasteiger partial charge is 0.239 e. The number of carbonyl (C=O) groups excluding carboxylic acids is 1. The largest absolute Gasteiger partial charge is 0.392 e. The highest BCUT2D eigenvalue weighted by Crippen LogP contribution is 2.20. The first kappa shape index (κ1) is 11.7. The van der Waals surface area contributed by atoms with Crippen molar-refractivity contribution in [2.45, 2.75) is 20.1 Å². The first-order valence-corrected chi connectivity index (χ1v) is 5.70. The maximum atomic E-state index is 11.6. The first-order valence-electron chi connectivity index (χ1n) is 5.70. The molecule has 0 bridgehead atoms. The van der Waals surface area contributed by atoms with Crippen LogP contribution in [-0.4, -0.2) is 22.1 Å². The molecule has 2 aromatic rings. The molecule has 0 spiro atoms. The van der Waals surface area contributed by atoms with Crippen LogP contribution in [0.3, 0.4) is 0 Å². The van der Waals surface area contributed by atoms with Gasteiger partial charge in [0.15, 0.2) is 0 Å². The molecule has 2 rings (SSSR count). The summed E-state index contributed by atoms with van der Waals surface area (Å²) in [6.45, 7) is 2.79. The lowest BCUT2D eigenvalue weighted by Crippen LogP contribution is -2.26. The quantitative estimate of drug-likeness (QED) is 0.834. The van der Waals surface area contributed by atoms with Crippen LogP contribution in [0.15, 0.2) is 30.5 Å². The van der Waals surface area contributed by atoms with Crippen molar-refractivity contribution in [2.24, 2.45) is 0 Å². The number of nitrogens with one attached hydrogen (secondary N) is 1. The molecule has 0 aliphatic heterocycles. The molecule has 1 amide bonds. The Hall–Kier alpha value is -1.81. The molecule has 4 nitrogen and oxygen atoms in total. The fourth-order valence-corrected chi connectivity index (χ4v) is 2.01. The summed E-state index contributed by atoms with van der Waals surface area (Å²) in [5.74, 6) is -0.0160. The van der Waals surface area contributed by atoms with Crippen molar-refractivity contribution in [1.29, 1.82) is 0 Å². The molecule has 0 aliphatic carbocycles. The van der Waals surface area contributed by atoms with E-state index in [1.807, 2.05) is 42.0 Å². The van der Waals surface area contributed by atoms with E-state index in [0.29, 0.717) is 6.54 Å². The van der Waals surface area contributed by atoms with E-state index >= 15 is 0 Å². The number of hydrogen-bond donors (Lipinski definition) is 2. The number of benzene rings is 1. The Bertz CT molecular complexity index is 531. The molecule has 90 valence electrons. The van der Waals surface area contributed by atoms with Crippen molar-refractivity contribution < 1.29 is 9.90 Å². The fraction of sp³-hybridized carbons (Fsp3) is 0.308. The summed E-state index contributed by atoms with van der Waals surface area (Å²) in [5.41, 5.74) is 1.78. The zero-order valence-electron chi connectivity index (χ0n) is 9.81. The normalized spacial score (nSPS) is 10.7. The van der Waals surface area contributed by atoms with Gasteiger partial charge in [-0.1, -0.05) is 18.2 Å².